The molecule has 1 aromatic carbocycles. The molecule has 1 aliphatic heterocycles. The Hall–Kier alpha value is -3.82. The van der Waals surface area contributed by atoms with Gasteiger partial charge < -0.3 is 15.1 Å². The van der Waals surface area contributed by atoms with Crippen molar-refractivity contribution in [3.63, 3.8) is 0 Å². The van der Waals surface area contributed by atoms with E-state index in [-0.39, 0.29) is 5.91 Å². The molecule has 158 valence electrons. The van der Waals surface area contributed by atoms with Crippen molar-refractivity contribution in [2.45, 2.75) is 13.3 Å². The van der Waals surface area contributed by atoms with Crippen LogP contribution in [0.5, 0.6) is 0 Å². The maximum atomic E-state index is 12.7. The van der Waals surface area contributed by atoms with E-state index in [2.05, 4.69) is 35.3 Å². The molecule has 1 saturated heterocycles. The first-order valence-electron chi connectivity index (χ1n) is 10.3. The van der Waals surface area contributed by atoms with Crippen LogP contribution in [-0.2, 0) is 4.79 Å². The van der Waals surface area contributed by atoms with Gasteiger partial charge in [-0.15, -0.1) is 5.10 Å². The summed E-state index contributed by atoms with van der Waals surface area (Å²) < 4.78 is 1.71. The lowest BCUT2D eigenvalue weighted by molar-refractivity contribution is -0.131. The van der Waals surface area contributed by atoms with Gasteiger partial charge in [0, 0.05) is 56.9 Å². The molecule has 31 heavy (non-hydrogen) atoms. The Kier molecular flexibility index (Phi) is 5.03. The molecule has 0 unspecified atom stereocenters. The lowest BCUT2D eigenvalue weighted by Crippen LogP contribution is -2.49. The van der Waals surface area contributed by atoms with Crippen LogP contribution in [0.15, 0.2) is 42.7 Å². The summed E-state index contributed by atoms with van der Waals surface area (Å²) in [5.41, 5.74) is 1.60. The van der Waals surface area contributed by atoms with Gasteiger partial charge in [0.25, 0.3) is 0 Å². The molecule has 4 aromatic rings. The minimum Gasteiger partial charge on any atom is -0.354 e. The first kappa shape index (κ1) is 19.2. The van der Waals surface area contributed by atoms with Crippen LogP contribution >= 0.6 is 0 Å². The number of carbonyl (C=O) groups is 1. The molecule has 1 aliphatic rings. The van der Waals surface area contributed by atoms with Gasteiger partial charge >= 0.3 is 0 Å². The molecule has 1 N–H and O–H groups in total. The van der Waals surface area contributed by atoms with Crippen LogP contribution in [0.3, 0.4) is 0 Å². The number of aromatic nitrogens is 6. The normalized spacial score (nSPS) is 14.4. The van der Waals surface area contributed by atoms with Gasteiger partial charge in [0.15, 0.2) is 5.65 Å². The second-order valence-corrected chi connectivity index (χ2v) is 7.44. The Labute approximate surface area is 178 Å². The van der Waals surface area contributed by atoms with Crippen LogP contribution in [0.4, 0.5) is 11.9 Å². The molecule has 5 rings (SSSR count). The second-order valence-electron chi connectivity index (χ2n) is 7.44. The third-order valence-electron chi connectivity index (χ3n) is 5.37. The summed E-state index contributed by atoms with van der Waals surface area (Å²) in [4.78, 5) is 34.5. The van der Waals surface area contributed by atoms with E-state index in [0.717, 1.165) is 29.6 Å². The van der Waals surface area contributed by atoms with E-state index in [1.165, 1.54) is 0 Å². The Balaban J connectivity index is 1.21. The van der Waals surface area contributed by atoms with Gasteiger partial charge in [0.1, 0.15) is 5.82 Å². The molecule has 0 radical (unpaired) electrons. The molecule has 10 heteroatoms. The van der Waals surface area contributed by atoms with Crippen LogP contribution in [-0.4, -0.2) is 73.1 Å². The molecule has 0 saturated carbocycles. The van der Waals surface area contributed by atoms with Crippen molar-refractivity contribution < 1.29 is 4.79 Å². The molecule has 4 heterocycles. The molecule has 0 aliphatic carbocycles. The third-order valence-corrected chi connectivity index (χ3v) is 5.37. The molecule has 0 atom stereocenters. The smallest absolute Gasteiger partial charge is 0.226 e. The predicted molar refractivity (Wildman–Crippen MR) is 117 cm³/mol. The monoisotopic (exact) mass is 417 g/mol. The number of anilines is 2. The number of aryl methyl sites for hydroxylation is 1. The Bertz CT molecular complexity index is 1220. The Morgan fingerprint density at radius 1 is 1.03 bits per heavy atom. The minimum atomic E-state index is 0.118. The summed E-state index contributed by atoms with van der Waals surface area (Å²) in [5.74, 6) is 2.10. The number of carbonyl (C=O) groups excluding carboxylic acids is 1. The number of fused-ring (bicyclic) bond motifs is 3. The zero-order valence-corrected chi connectivity index (χ0v) is 17.3. The first-order valence-corrected chi connectivity index (χ1v) is 10.3. The fourth-order valence-corrected chi connectivity index (χ4v) is 3.82. The van der Waals surface area contributed by atoms with E-state index in [1.807, 2.05) is 36.1 Å². The van der Waals surface area contributed by atoms with Gasteiger partial charge in [0.05, 0.1) is 5.52 Å². The SMILES string of the molecule is Cc1nc2c3ccccc3nc(NCCC(=O)N3CCN(c4ncccn4)CC3)n2n1. The number of para-hydroxylation sites is 1. The summed E-state index contributed by atoms with van der Waals surface area (Å²) >= 11 is 0. The summed E-state index contributed by atoms with van der Waals surface area (Å²) in [5, 5.41) is 8.67. The molecule has 3 aromatic heterocycles. The van der Waals surface area contributed by atoms with E-state index < -0.39 is 0 Å². The van der Waals surface area contributed by atoms with Crippen molar-refractivity contribution in [2.24, 2.45) is 0 Å². The summed E-state index contributed by atoms with van der Waals surface area (Å²) in [7, 11) is 0. The Morgan fingerprint density at radius 2 is 1.81 bits per heavy atom. The lowest BCUT2D eigenvalue weighted by atomic mass is 10.2. The number of nitrogens with zero attached hydrogens (tertiary/aromatic N) is 8. The van der Waals surface area contributed by atoms with Gasteiger partial charge in [-0.05, 0) is 25.1 Å². The number of rotatable bonds is 5. The van der Waals surface area contributed by atoms with Crippen LogP contribution in [0.2, 0.25) is 0 Å². The van der Waals surface area contributed by atoms with E-state index in [4.69, 9.17) is 0 Å². The Morgan fingerprint density at radius 3 is 2.61 bits per heavy atom. The van der Waals surface area contributed by atoms with Crippen molar-refractivity contribution in [3.05, 3.63) is 48.5 Å². The highest BCUT2D eigenvalue weighted by Crippen LogP contribution is 2.20. The summed E-state index contributed by atoms with van der Waals surface area (Å²) in [6, 6.07) is 9.64. The first-order chi connectivity index (χ1) is 15.2. The largest absolute Gasteiger partial charge is 0.354 e. The summed E-state index contributed by atoms with van der Waals surface area (Å²) in [6.45, 7) is 5.12. The standard InChI is InChI=1S/C21H23N9O/c1-15-25-19-16-5-2-3-6-17(16)26-21(30(19)27-15)24-10-7-18(31)28-11-13-29(14-12-28)20-22-8-4-9-23-20/h2-6,8-9H,7,10-14H2,1H3,(H,24,26). The highest BCUT2D eigenvalue weighted by molar-refractivity contribution is 5.92. The number of amides is 1. The lowest BCUT2D eigenvalue weighted by Gasteiger charge is -2.34. The van der Waals surface area contributed by atoms with Gasteiger partial charge in [-0.25, -0.2) is 19.9 Å². The minimum absolute atomic E-state index is 0.118. The van der Waals surface area contributed by atoms with E-state index in [1.54, 1.807) is 23.0 Å². The molecule has 1 fully saturated rings. The van der Waals surface area contributed by atoms with Gasteiger partial charge in [-0.3, -0.25) is 4.79 Å². The van der Waals surface area contributed by atoms with Crippen molar-refractivity contribution in [1.29, 1.82) is 0 Å². The van der Waals surface area contributed by atoms with Crippen LogP contribution < -0.4 is 10.2 Å². The van der Waals surface area contributed by atoms with Crippen molar-refractivity contribution in [2.75, 3.05) is 42.9 Å². The predicted octanol–water partition coefficient (Wildman–Crippen LogP) is 1.53. The highest BCUT2D eigenvalue weighted by Gasteiger charge is 2.22. The number of benzene rings is 1. The molecule has 0 bridgehead atoms. The molecule has 10 nitrogen and oxygen atoms in total. The van der Waals surface area contributed by atoms with Crippen molar-refractivity contribution in [3.8, 4) is 0 Å². The quantitative estimate of drug-likeness (QED) is 0.521. The number of nitrogens with one attached hydrogen (secondary N) is 1. The topological polar surface area (TPSA) is 104 Å². The molecule has 0 spiro atoms. The zero-order chi connectivity index (χ0) is 21.2. The van der Waals surface area contributed by atoms with Crippen molar-refractivity contribution >= 4 is 34.4 Å². The van der Waals surface area contributed by atoms with E-state index >= 15 is 0 Å². The zero-order valence-electron chi connectivity index (χ0n) is 17.3. The van der Waals surface area contributed by atoms with E-state index in [9.17, 15) is 4.79 Å². The summed E-state index contributed by atoms with van der Waals surface area (Å²) in [6.07, 6.45) is 3.85. The highest BCUT2D eigenvalue weighted by atomic mass is 16.2. The van der Waals surface area contributed by atoms with E-state index in [0.29, 0.717) is 43.8 Å². The maximum absolute atomic E-state index is 12.7. The van der Waals surface area contributed by atoms with Crippen LogP contribution in [0.1, 0.15) is 12.2 Å². The second kappa shape index (κ2) is 8.13. The maximum Gasteiger partial charge on any atom is 0.226 e. The average molecular weight is 417 g/mol. The molecular weight excluding hydrogens is 394 g/mol. The number of hydrogen-bond acceptors (Lipinski definition) is 8. The number of piperazine rings is 1. The van der Waals surface area contributed by atoms with Crippen molar-refractivity contribution in [1.82, 2.24) is 34.4 Å². The van der Waals surface area contributed by atoms with Crippen LogP contribution in [0.25, 0.3) is 16.6 Å². The van der Waals surface area contributed by atoms with Gasteiger partial charge in [-0.2, -0.15) is 4.52 Å². The van der Waals surface area contributed by atoms with Crippen LogP contribution in [0, 0.1) is 6.92 Å². The fourth-order valence-electron chi connectivity index (χ4n) is 3.82. The third kappa shape index (κ3) is 3.83. The van der Waals surface area contributed by atoms with Gasteiger partial charge in [-0.1, -0.05) is 12.1 Å². The van der Waals surface area contributed by atoms with Gasteiger partial charge in [0.2, 0.25) is 17.8 Å². The number of hydrogen-bond donors (Lipinski definition) is 1. The fraction of sp³-hybridized carbons (Fsp3) is 0.333. The molecule has 1 amide bonds. The molecular formula is C21H23N9O. The average Bonchev–Trinajstić information content (AvgIpc) is 3.21.